The molecule has 1 saturated heterocycles. The molecular formula is C12H23NO. The van der Waals surface area contributed by atoms with Crippen LogP contribution in [0.5, 0.6) is 0 Å². The molecule has 2 heteroatoms. The van der Waals surface area contributed by atoms with Crippen molar-refractivity contribution in [3.8, 4) is 0 Å². The average Bonchev–Trinajstić information content (AvgIpc) is 2.98. The molecule has 1 N–H and O–H groups in total. The second-order valence-electron chi connectivity index (χ2n) is 5.14. The summed E-state index contributed by atoms with van der Waals surface area (Å²) >= 11 is 0. The molecule has 1 heterocycles. The van der Waals surface area contributed by atoms with Gasteiger partial charge >= 0.3 is 0 Å². The summed E-state index contributed by atoms with van der Waals surface area (Å²) in [5, 5.41) is 3.46. The number of ether oxygens (including phenoxy) is 1. The van der Waals surface area contributed by atoms with Crippen LogP contribution < -0.4 is 5.32 Å². The van der Waals surface area contributed by atoms with E-state index in [1.165, 1.54) is 38.5 Å². The van der Waals surface area contributed by atoms with Gasteiger partial charge in [0.1, 0.15) is 0 Å². The molecular weight excluding hydrogens is 174 g/mol. The van der Waals surface area contributed by atoms with Crippen LogP contribution in [-0.4, -0.2) is 25.3 Å². The van der Waals surface area contributed by atoms with Gasteiger partial charge in [-0.1, -0.05) is 12.8 Å². The van der Waals surface area contributed by atoms with Crippen LogP contribution in [-0.2, 0) is 4.74 Å². The normalized spacial score (nSPS) is 35.6. The zero-order valence-corrected chi connectivity index (χ0v) is 9.51. The van der Waals surface area contributed by atoms with E-state index in [-0.39, 0.29) is 5.60 Å². The van der Waals surface area contributed by atoms with Crippen LogP contribution in [0.3, 0.4) is 0 Å². The summed E-state index contributed by atoms with van der Waals surface area (Å²) in [7, 11) is 2.08. The monoisotopic (exact) mass is 197 g/mol. The largest absolute Gasteiger partial charge is 0.374 e. The first-order valence-electron chi connectivity index (χ1n) is 6.06. The molecule has 2 rings (SSSR count). The fourth-order valence-corrected chi connectivity index (χ4v) is 2.59. The Morgan fingerprint density at radius 2 is 2.21 bits per heavy atom. The van der Waals surface area contributed by atoms with Gasteiger partial charge in [0.25, 0.3) is 0 Å². The van der Waals surface area contributed by atoms with Crippen molar-refractivity contribution in [3.05, 3.63) is 0 Å². The van der Waals surface area contributed by atoms with Crippen molar-refractivity contribution in [1.29, 1.82) is 0 Å². The lowest BCUT2D eigenvalue weighted by Crippen LogP contribution is -2.51. The lowest BCUT2D eigenvalue weighted by molar-refractivity contribution is -0.0896. The first-order chi connectivity index (χ1) is 6.74. The van der Waals surface area contributed by atoms with E-state index in [4.69, 9.17) is 4.74 Å². The zero-order valence-electron chi connectivity index (χ0n) is 9.51. The molecule has 82 valence electrons. The van der Waals surface area contributed by atoms with Crippen LogP contribution in [0.2, 0.25) is 0 Å². The second-order valence-corrected chi connectivity index (χ2v) is 5.14. The third-order valence-electron chi connectivity index (χ3n) is 3.85. The molecule has 2 aliphatic rings. The number of rotatable bonds is 4. The van der Waals surface area contributed by atoms with E-state index >= 15 is 0 Å². The van der Waals surface area contributed by atoms with Gasteiger partial charge in [-0.05, 0) is 45.6 Å². The van der Waals surface area contributed by atoms with E-state index in [1.54, 1.807) is 0 Å². The SMILES string of the molecule is CNC(CC1CC1)C1(C)CCCCO1. The molecule has 1 saturated carbocycles. The second kappa shape index (κ2) is 4.19. The van der Waals surface area contributed by atoms with E-state index < -0.39 is 0 Å². The Balaban J connectivity index is 1.92. The van der Waals surface area contributed by atoms with Gasteiger partial charge in [-0.2, -0.15) is 0 Å². The maximum Gasteiger partial charge on any atom is 0.0806 e. The molecule has 0 spiro atoms. The minimum absolute atomic E-state index is 0.107. The van der Waals surface area contributed by atoms with Crippen molar-refractivity contribution >= 4 is 0 Å². The molecule has 2 atom stereocenters. The molecule has 2 fully saturated rings. The highest BCUT2D eigenvalue weighted by Gasteiger charge is 2.38. The van der Waals surface area contributed by atoms with Crippen LogP contribution in [0, 0.1) is 5.92 Å². The minimum atomic E-state index is 0.107. The Bertz CT molecular complexity index is 183. The molecule has 0 amide bonds. The molecule has 0 aromatic carbocycles. The molecule has 1 aliphatic carbocycles. The predicted molar refractivity (Wildman–Crippen MR) is 58.4 cm³/mol. The van der Waals surface area contributed by atoms with E-state index in [0.29, 0.717) is 6.04 Å². The summed E-state index contributed by atoms with van der Waals surface area (Å²) in [5.74, 6) is 0.981. The first-order valence-corrected chi connectivity index (χ1v) is 6.06. The lowest BCUT2D eigenvalue weighted by Gasteiger charge is -2.40. The summed E-state index contributed by atoms with van der Waals surface area (Å²) in [6, 6.07) is 0.565. The Labute approximate surface area is 87.4 Å². The van der Waals surface area contributed by atoms with Crippen LogP contribution in [0.4, 0.5) is 0 Å². The first kappa shape index (κ1) is 10.4. The lowest BCUT2D eigenvalue weighted by atomic mass is 9.85. The molecule has 0 radical (unpaired) electrons. The molecule has 0 bridgehead atoms. The van der Waals surface area contributed by atoms with E-state index in [9.17, 15) is 0 Å². The van der Waals surface area contributed by atoms with Gasteiger partial charge in [0.15, 0.2) is 0 Å². The molecule has 0 aromatic heterocycles. The number of hydrogen-bond donors (Lipinski definition) is 1. The quantitative estimate of drug-likeness (QED) is 0.747. The summed E-state index contributed by atoms with van der Waals surface area (Å²) in [5.41, 5.74) is 0.107. The van der Waals surface area contributed by atoms with E-state index in [2.05, 4.69) is 19.3 Å². The number of likely N-dealkylation sites (N-methyl/N-ethyl adjacent to an activating group) is 1. The van der Waals surface area contributed by atoms with Crippen LogP contribution in [0.15, 0.2) is 0 Å². The third kappa shape index (κ3) is 2.29. The van der Waals surface area contributed by atoms with Crippen LogP contribution >= 0.6 is 0 Å². The fraction of sp³-hybridized carbons (Fsp3) is 1.00. The van der Waals surface area contributed by atoms with Crippen LogP contribution in [0.1, 0.15) is 45.4 Å². The summed E-state index contributed by atoms with van der Waals surface area (Å²) in [6.45, 7) is 3.25. The van der Waals surface area contributed by atoms with Crippen molar-refractivity contribution in [2.24, 2.45) is 5.92 Å². The maximum absolute atomic E-state index is 5.98. The maximum atomic E-state index is 5.98. The van der Waals surface area contributed by atoms with Gasteiger partial charge in [-0.15, -0.1) is 0 Å². The van der Waals surface area contributed by atoms with Crippen molar-refractivity contribution in [3.63, 3.8) is 0 Å². The molecule has 0 aromatic rings. The predicted octanol–water partition coefficient (Wildman–Crippen LogP) is 2.33. The van der Waals surface area contributed by atoms with E-state index in [1.807, 2.05) is 0 Å². The Kier molecular flexibility index (Phi) is 3.13. The van der Waals surface area contributed by atoms with Crippen molar-refractivity contribution in [2.75, 3.05) is 13.7 Å². The molecule has 2 unspecified atom stereocenters. The van der Waals surface area contributed by atoms with Gasteiger partial charge < -0.3 is 10.1 Å². The Hall–Kier alpha value is -0.0800. The van der Waals surface area contributed by atoms with Crippen molar-refractivity contribution in [1.82, 2.24) is 5.32 Å². The molecule has 2 nitrogen and oxygen atoms in total. The zero-order chi connectivity index (χ0) is 10.0. The highest BCUT2D eigenvalue weighted by atomic mass is 16.5. The average molecular weight is 197 g/mol. The van der Waals surface area contributed by atoms with E-state index in [0.717, 1.165) is 12.5 Å². The van der Waals surface area contributed by atoms with Crippen molar-refractivity contribution < 1.29 is 4.74 Å². The minimum Gasteiger partial charge on any atom is -0.374 e. The topological polar surface area (TPSA) is 21.3 Å². The van der Waals surface area contributed by atoms with Gasteiger partial charge in [-0.25, -0.2) is 0 Å². The van der Waals surface area contributed by atoms with Gasteiger partial charge in [0.2, 0.25) is 0 Å². The number of nitrogens with one attached hydrogen (secondary N) is 1. The summed E-state index contributed by atoms with van der Waals surface area (Å²) < 4.78 is 5.98. The standard InChI is InChI=1S/C12H23NO/c1-12(7-3-4-8-14-12)11(13-2)9-10-5-6-10/h10-11,13H,3-9H2,1-2H3. The highest BCUT2D eigenvalue weighted by molar-refractivity contribution is 4.94. The molecule has 14 heavy (non-hydrogen) atoms. The molecule has 1 aliphatic heterocycles. The summed E-state index contributed by atoms with van der Waals surface area (Å²) in [6.07, 6.45) is 8.00. The van der Waals surface area contributed by atoms with Crippen molar-refractivity contribution in [2.45, 2.75) is 57.1 Å². The van der Waals surface area contributed by atoms with Gasteiger partial charge in [-0.3, -0.25) is 0 Å². The Morgan fingerprint density at radius 1 is 1.43 bits per heavy atom. The number of hydrogen-bond acceptors (Lipinski definition) is 2. The fourth-order valence-electron chi connectivity index (χ4n) is 2.59. The Morgan fingerprint density at radius 3 is 2.71 bits per heavy atom. The smallest absolute Gasteiger partial charge is 0.0806 e. The highest BCUT2D eigenvalue weighted by Crippen LogP contribution is 2.38. The third-order valence-corrected chi connectivity index (χ3v) is 3.85. The van der Waals surface area contributed by atoms with Gasteiger partial charge in [0, 0.05) is 12.6 Å². The van der Waals surface area contributed by atoms with Crippen LogP contribution in [0.25, 0.3) is 0 Å². The summed E-state index contributed by atoms with van der Waals surface area (Å²) in [4.78, 5) is 0. The van der Waals surface area contributed by atoms with Gasteiger partial charge in [0.05, 0.1) is 5.60 Å².